The van der Waals surface area contributed by atoms with E-state index in [1.165, 1.54) is 5.56 Å². The van der Waals surface area contributed by atoms with E-state index in [2.05, 4.69) is 33.9 Å². The van der Waals surface area contributed by atoms with Crippen molar-refractivity contribution in [2.24, 2.45) is 0 Å². The molecule has 25 heavy (non-hydrogen) atoms. The lowest BCUT2D eigenvalue weighted by Gasteiger charge is -2.33. The summed E-state index contributed by atoms with van der Waals surface area (Å²) in [6.07, 6.45) is 3.06. The number of Topliss-reactive ketones (excluding diaryl/α,β-unsaturated/α-hetero) is 1. The number of carbonyl (C=O) groups excluding carboxylic acids is 1. The Kier molecular flexibility index (Phi) is 4.13. The first-order valence-corrected chi connectivity index (χ1v) is 8.57. The van der Waals surface area contributed by atoms with Gasteiger partial charge in [-0.1, -0.05) is 6.07 Å². The monoisotopic (exact) mass is 339 g/mol. The molecule has 0 radical (unpaired) electrons. The van der Waals surface area contributed by atoms with Crippen molar-refractivity contribution in [2.45, 2.75) is 39.3 Å². The number of hydrogen-bond acceptors (Lipinski definition) is 6. The van der Waals surface area contributed by atoms with Gasteiger partial charge >= 0.3 is 0 Å². The molecule has 0 fully saturated rings. The number of aromatic nitrogens is 2. The molecule has 4 rings (SSSR count). The fourth-order valence-corrected chi connectivity index (χ4v) is 3.40. The van der Waals surface area contributed by atoms with Crippen LogP contribution in [-0.4, -0.2) is 34.0 Å². The number of benzene rings is 1. The topological polar surface area (TPSA) is 64.6 Å². The van der Waals surface area contributed by atoms with Crippen LogP contribution in [0.2, 0.25) is 0 Å². The van der Waals surface area contributed by atoms with Gasteiger partial charge in [0.15, 0.2) is 11.5 Å². The van der Waals surface area contributed by atoms with E-state index in [0.29, 0.717) is 19.0 Å². The first-order chi connectivity index (χ1) is 12.1. The van der Waals surface area contributed by atoms with E-state index in [9.17, 15) is 4.79 Å². The minimum absolute atomic E-state index is 0.0915. The van der Waals surface area contributed by atoms with Gasteiger partial charge in [0.1, 0.15) is 11.6 Å². The van der Waals surface area contributed by atoms with Crippen LogP contribution < -0.4 is 9.47 Å². The standard InChI is InChI=1S/C19H21N3O3/c1-12(23)7-19-20-9-15-10-22(6-5-16(15)21-19)13(2)14-3-4-17-18(8-14)25-11-24-17/h3-4,8-9,13H,5-7,10-11H2,1-2H3. The van der Waals surface area contributed by atoms with E-state index in [0.717, 1.165) is 42.3 Å². The molecular formula is C19H21N3O3. The molecule has 3 heterocycles. The van der Waals surface area contributed by atoms with Gasteiger partial charge < -0.3 is 9.47 Å². The van der Waals surface area contributed by atoms with Crippen LogP contribution >= 0.6 is 0 Å². The van der Waals surface area contributed by atoms with E-state index in [-0.39, 0.29) is 11.8 Å². The van der Waals surface area contributed by atoms with Crippen molar-refractivity contribution < 1.29 is 14.3 Å². The number of carbonyl (C=O) groups is 1. The molecule has 0 saturated heterocycles. The fourth-order valence-electron chi connectivity index (χ4n) is 3.40. The highest BCUT2D eigenvalue weighted by atomic mass is 16.7. The Morgan fingerprint density at radius 3 is 3.00 bits per heavy atom. The van der Waals surface area contributed by atoms with E-state index < -0.39 is 0 Å². The number of fused-ring (bicyclic) bond motifs is 2. The Morgan fingerprint density at radius 2 is 2.16 bits per heavy atom. The molecule has 6 nitrogen and oxygen atoms in total. The molecule has 2 aromatic rings. The SMILES string of the molecule is CC(=O)Cc1ncc2c(n1)CCN(C(C)c1ccc3c(c1)OCO3)C2. The largest absolute Gasteiger partial charge is 0.454 e. The van der Waals surface area contributed by atoms with Crippen LogP contribution in [0.5, 0.6) is 11.5 Å². The fraction of sp³-hybridized carbons (Fsp3) is 0.421. The van der Waals surface area contributed by atoms with Gasteiger partial charge in [-0.3, -0.25) is 9.69 Å². The molecule has 2 aliphatic heterocycles. The van der Waals surface area contributed by atoms with Crippen molar-refractivity contribution in [2.75, 3.05) is 13.3 Å². The van der Waals surface area contributed by atoms with Crippen molar-refractivity contribution in [3.05, 3.63) is 47.0 Å². The third-order valence-corrected chi connectivity index (χ3v) is 4.85. The van der Waals surface area contributed by atoms with Gasteiger partial charge in [0.2, 0.25) is 6.79 Å². The maximum atomic E-state index is 11.3. The van der Waals surface area contributed by atoms with Gasteiger partial charge in [-0.15, -0.1) is 0 Å². The molecule has 1 aromatic heterocycles. The van der Waals surface area contributed by atoms with Crippen LogP contribution in [0, 0.1) is 0 Å². The maximum absolute atomic E-state index is 11.3. The summed E-state index contributed by atoms with van der Waals surface area (Å²) in [6, 6.07) is 6.40. The van der Waals surface area contributed by atoms with Crippen LogP contribution in [0.15, 0.2) is 24.4 Å². The van der Waals surface area contributed by atoms with Gasteiger partial charge in [-0.05, 0) is 31.5 Å². The van der Waals surface area contributed by atoms with E-state index in [1.807, 2.05) is 12.3 Å². The van der Waals surface area contributed by atoms with Gasteiger partial charge in [0.25, 0.3) is 0 Å². The average molecular weight is 339 g/mol. The predicted molar refractivity (Wildman–Crippen MR) is 91.5 cm³/mol. The van der Waals surface area contributed by atoms with Crippen molar-refractivity contribution >= 4 is 5.78 Å². The number of ether oxygens (including phenoxy) is 2. The summed E-state index contributed by atoms with van der Waals surface area (Å²) in [5.74, 6) is 2.35. The first-order valence-electron chi connectivity index (χ1n) is 8.57. The molecule has 0 saturated carbocycles. The smallest absolute Gasteiger partial charge is 0.231 e. The van der Waals surface area contributed by atoms with Gasteiger partial charge in [-0.25, -0.2) is 9.97 Å². The highest BCUT2D eigenvalue weighted by molar-refractivity contribution is 5.77. The maximum Gasteiger partial charge on any atom is 0.231 e. The van der Waals surface area contributed by atoms with Gasteiger partial charge in [0.05, 0.1) is 6.42 Å². The van der Waals surface area contributed by atoms with Crippen LogP contribution in [0.1, 0.15) is 42.5 Å². The lowest BCUT2D eigenvalue weighted by molar-refractivity contribution is -0.116. The Morgan fingerprint density at radius 1 is 1.32 bits per heavy atom. The van der Waals surface area contributed by atoms with Gasteiger partial charge in [0, 0.05) is 43.0 Å². The molecule has 1 aromatic carbocycles. The summed E-state index contributed by atoms with van der Waals surface area (Å²) in [5, 5.41) is 0. The molecule has 6 heteroatoms. The lowest BCUT2D eigenvalue weighted by atomic mass is 10.0. The van der Waals surface area contributed by atoms with Crippen molar-refractivity contribution in [3.63, 3.8) is 0 Å². The minimum atomic E-state index is 0.0915. The third kappa shape index (κ3) is 3.22. The van der Waals surface area contributed by atoms with Crippen LogP contribution in [-0.2, 0) is 24.2 Å². The van der Waals surface area contributed by atoms with E-state index in [1.54, 1.807) is 6.92 Å². The van der Waals surface area contributed by atoms with Crippen LogP contribution in [0.4, 0.5) is 0 Å². The van der Waals surface area contributed by atoms with Gasteiger partial charge in [-0.2, -0.15) is 0 Å². The van der Waals surface area contributed by atoms with Crippen molar-refractivity contribution in [3.8, 4) is 11.5 Å². The Balaban J connectivity index is 1.51. The highest BCUT2D eigenvalue weighted by Crippen LogP contribution is 2.36. The second-order valence-electron chi connectivity index (χ2n) is 6.65. The average Bonchev–Trinajstić information content (AvgIpc) is 3.07. The molecular weight excluding hydrogens is 318 g/mol. The molecule has 1 atom stereocenters. The number of hydrogen-bond donors (Lipinski definition) is 0. The molecule has 0 bridgehead atoms. The summed E-state index contributed by atoms with van der Waals surface area (Å²) in [4.78, 5) is 22.6. The molecule has 0 aliphatic carbocycles. The minimum Gasteiger partial charge on any atom is -0.454 e. The third-order valence-electron chi connectivity index (χ3n) is 4.85. The molecule has 0 spiro atoms. The lowest BCUT2D eigenvalue weighted by Crippen LogP contribution is -2.33. The first kappa shape index (κ1) is 16.0. The zero-order valence-corrected chi connectivity index (χ0v) is 14.5. The normalized spacial score (nSPS) is 17.2. The van der Waals surface area contributed by atoms with Crippen molar-refractivity contribution in [1.29, 1.82) is 0 Å². The summed E-state index contributed by atoms with van der Waals surface area (Å²) in [6.45, 7) is 5.81. The molecule has 1 unspecified atom stereocenters. The molecule has 2 aliphatic rings. The zero-order valence-electron chi connectivity index (χ0n) is 14.5. The summed E-state index contributed by atoms with van der Waals surface area (Å²) in [5.41, 5.74) is 3.42. The number of nitrogens with zero attached hydrogens (tertiary/aromatic N) is 3. The molecule has 0 amide bonds. The second-order valence-corrected chi connectivity index (χ2v) is 6.65. The zero-order chi connectivity index (χ0) is 17.4. The quantitative estimate of drug-likeness (QED) is 0.852. The summed E-state index contributed by atoms with van der Waals surface area (Å²) < 4.78 is 10.9. The van der Waals surface area contributed by atoms with E-state index in [4.69, 9.17) is 9.47 Å². The van der Waals surface area contributed by atoms with Crippen LogP contribution in [0.3, 0.4) is 0 Å². The second kappa shape index (κ2) is 6.44. The summed E-state index contributed by atoms with van der Waals surface area (Å²) >= 11 is 0. The van der Waals surface area contributed by atoms with E-state index >= 15 is 0 Å². The van der Waals surface area contributed by atoms with Crippen LogP contribution in [0.25, 0.3) is 0 Å². The number of ketones is 1. The predicted octanol–water partition coefficient (Wildman–Crippen LogP) is 2.46. The molecule has 0 N–H and O–H groups in total. The Bertz CT molecular complexity index is 822. The van der Waals surface area contributed by atoms with Crippen molar-refractivity contribution in [1.82, 2.24) is 14.9 Å². The molecule has 130 valence electrons. The highest BCUT2D eigenvalue weighted by Gasteiger charge is 2.25. The number of rotatable bonds is 4. The summed E-state index contributed by atoms with van der Waals surface area (Å²) in [7, 11) is 0. The Hall–Kier alpha value is -2.47. The Labute approximate surface area is 146 Å².